The molecule has 6 nitrogen and oxygen atoms in total. The maximum atomic E-state index is 14.2. The average molecular weight is 352 g/mol. The van der Waals surface area contributed by atoms with Crippen LogP contribution in [0.25, 0.3) is 0 Å². The number of hydrogen-bond donors (Lipinski definition) is 2. The molecule has 128 valence electrons. The van der Waals surface area contributed by atoms with E-state index in [1.165, 1.54) is 18.2 Å². The number of halogens is 1. The van der Waals surface area contributed by atoms with Gasteiger partial charge in [0.15, 0.2) is 0 Å². The molecular weight excluding hydrogens is 335 g/mol. The molecule has 1 atom stereocenters. The number of hydrogen-bond acceptors (Lipinski definition) is 4. The molecule has 2 aromatic carbocycles. The van der Waals surface area contributed by atoms with Crippen LogP contribution in [0.1, 0.15) is 6.42 Å². The first-order chi connectivity index (χ1) is 11.5. The fourth-order valence-electron chi connectivity index (χ4n) is 2.66. The number of benzene rings is 2. The third kappa shape index (κ3) is 2.72. The normalized spacial score (nSPS) is 17.0. The second-order valence-electron chi connectivity index (χ2n) is 5.41. The Bertz CT molecular complexity index is 843. The second kappa shape index (κ2) is 6.39. The molecular formula is C16H17FN2O4S. The molecule has 24 heavy (non-hydrogen) atoms. The van der Waals surface area contributed by atoms with E-state index in [1.54, 1.807) is 30.3 Å². The van der Waals surface area contributed by atoms with Crippen molar-refractivity contribution in [2.24, 2.45) is 0 Å². The monoisotopic (exact) mass is 352 g/mol. The number of para-hydroxylation sites is 3. The zero-order chi connectivity index (χ0) is 17.3. The van der Waals surface area contributed by atoms with Crippen LogP contribution in [0.4, 0.5) is 21.5 Å². The lowest BCUT2D eigenvalue weighted by Crippen LogP contribution is -2.37. The summed E-state index contributed by atoms with van der Waals surface area (Å²) in [6.07, 6.45) is -0.954. The fourth-order valence-corrected chi connectivity index (χ4v) is 4.39. The Morgan fingerprint density at radius 2 is 1.58 bits per heavy atom. The number of rotatable bonds is 5. The van der Waals surface area contributed by atoms with E-state index in [-0.39, 0.29) is 18.7 Å². The molecule has 0 saturated carbocycles. The maximum absolute atomic E-state index is 14.2. The van der Waals surface area contributed by atoms with Crippen molar-refractivity contribution >= 4 is 27.3 Å². The molecule has 0 aliphatic carbocycles. The van der Waals surface area contributed by atoms with Gasteiger partial charge in [-0.2, -0.15) is 8.42 Å². The number of aliphatic hydroxyl groups is 2. The highest BCUT2D eigenvalue weighted by molar-refractivity contribution is 7.95. The summed E-state index contributed by atoms with van der Waals surface area (Å²) in [5.41, 5.74) is 0.696. The van der Waals surface area contributed by atoms with Gasteiger partial charge in [0.1, 0.15) is 5.82 Å². The minimum Gasteiger partial charge on any atom is -0.394 e. The van der Waals surface area contributed by atoms with Gasteiger partial charge in [-0.1, -0.05) is 24.3 Å². The molecule has 0 fully saturated rings. The summed E-state index contributed by atoms with van der Waals surface area (Å²) < 4.78 is 42.1. The summed E-state index contributed by atoms with van der Waals surface area (Å²) in [6.45, 7) is -0.474. The molecule has 0 spiro atoms. The molecule has 3 rings (SSSR count). The van der Waals surface area contributed by atoms with Gasteiger partial charge in [0.2, 0.25) is 0 Å². The fraction of sp³-hybridized carbons (Fsp3) is 0.250. The van der Waals surface area contributed by atoms with E-state index < -0.39 is 28.7 Å². The lowest BCUT2D eigenvalue weighted by atomic mass is 10.2. The third-order valence-electron chi connectivity index (χ3n) is 3.83. The SMILES string of the molecule is O=S1(=O)N(CC[C@H](O)CO)c2ccccc2N1c1ccccc1F. The molecule has 0 saturated heterocycles. The third-order valence-corrected chi connectivity index (χ3v) is 5.62. The van der Waals surface area contributed by atoms with Gasteiger partial charge in [0.25, 0.3) is 0 Å². The van der Waals surface area contributed by atoms with Crippen LogP contribution in [0.5, 0.6) is 0 Å². The summed E-state index contributed by atoms with van der Waals surface area (Å²) in [4.78, 5) is 0. The Morgan fingerprint density at radius 1 is 1.00 bits per heavy atom. The summed E-state index contributed by atoms with van der Waals surface area (Å²) in [5, 5.41) is 18.4. The van der Waals surface area contributed by atoms with Gasteiger partial charge in [-0.3, -0.25) is 4.31 Å². The van der Waals surface area contributed by atoms with Gasteiger partial charge in [-0.25, -0.2) is 8.70 Å². The molecule has 8 heteroatoms. The van der Waals surface area contributed by atoms with Crippen LogP contribution in [-0.2, 0) is 10.2 Å². The van der Waals surface area contributed by atoms with Crippen molar-refractivity contribution in [1.82, 2.24) is 0 Å². The van der Waals surface area contributed by atoms with Crippen molar-refractivity contribution in [1.29, 1.82) is 0 Å². The number of anilines is 3. The van der Waals surface area contributed by atoms with Crippen molar-refractivity contribution in [2.45, 2.75) is 12.5 Å². The molecule has 1 heterocycles. The average Bonchev–Trinajstić information content (AvgIpc) is 2.79. The van der Waals surface area contributed by atoms with E-state index in [1.807, 2.05) is 0 Å². The highest BCUT2D eigenvalue weighted by atomic mass is 32.2. The largest absolute Gasteiger partial charge is 0.394 e. The highest BCUT2D eigenvalue weighted by Crippen LogP contribution is 2.45. The molecule has 0 radical (unpaired) electrons. The summed E-state index contributed by atoms with van der Waals surface area (Å²) in [7, 11) is -4.03. The predicted molar refractivity (Wildman–Crippen MR) is 89.0 cm³/mol. The van der Waals surface area contributed by atoms with E-state index in [2.05, 4.69) is 0 Å². The lowest BCUT2D eigenvalue weighted by molar-refractivity contribution is 0.0905. The van der Waals surface area contributed by atoms with E-state index in [0.29, 0.717) is 11.4 Å². The number of aliphatic hydroxyl groups excluding tert-OH is 2. The predicted octanol–water partition coefficient (Wildman–Crippen LogP) is 1.77. The van der Waals surface area contributed by atoms with Gasteiger partial charge in [0, 0.05) is 6.54 Å². The molecule has 2 N–H and O–H groups in total. The Labute approximate surface area is 139 Å². The van der Waals surface area contributed by atoms with Gasteiger partial charge in [0.05, 0.1) is 29.8 Å². The zero-order valence-corrected chi connectivity index (χ0v) is 13.5. The van der Waals surface area contributed by atoms with Crippen molar-refractivity contribution < 1.29 is 23.0 Å². The molecule has 1 aliphatic heterocycles. The Balaban J connectivity index is 2.07. The Morgan fingerprint density at radius 3 is 2.21 bits per heavy atom. The first kappa shape index (κ1) is 16.7. The second-order valence-corrected chi connectivity index (χ2v) is 7.11. The number of nitrogens with zero attached hydrogens (tertiary/aromatic N) is 2. The van der Waals surface area contributed by atoms with Crippen LogP contribution in [0.3, 0.4) is 0 Å². The van der Waals surface area contributed by atoms with Crippen molar-refractivity contribution in [3.63, 3.8) is 0 Å². The van der Waals surface area contributed by atoms with Gasteiger partial charge in [-0.15, -0.1) is 0 Å². The van der Waals surface area contributed by atoms with E-state index in [0.717, 1.165) is 8.61 Å². The standard InChI is InChI=1S/C16H17FN2O4S/c17-13-5-1-2-6-14(13)19-16-8-4-3-7-15(16)18(24(19,22)23)10-9-12(21)11-20/h1-8,12,20-21H,9-11H2/t12-/m0/s1. The quantitative estimate of drug-likeness (QED) is 0.859. The van der Waals surface area contributed by atoms with E-state index in [4.69, 9.17) is 5.11 Å². The Kier molecular flexibility index (Phi) is 4.44. The molecule has 0 aromatic heterocycles. The first-order valence-corrected chi connectivity index (χ1v) is 8.82. The van der Waals surface area contributed by atoms with E-state index in [9.17, 15) is 17.9 Å². The summed E-state index contributed by atoms with van der Waals surface area (Å²) >= 11 is 0. The van der Waals surface area contributed by atoms with Crippen LogP contribution in [0.2, 0.25) is 0 Å². The topological polar surface area (TPSA) is 81.1 Å². The van der Waals surface area contributed by atoms with Gasteiger partial charge < -0.3 is 10.2 Å². The minimum absolute atomic E-state index is 0.0218. The highest BCUT2D eigenvalue weighted by Gasteiger charge is 2.41. The van der Waals surface area contributed by atoms with Crippen molar-refractivity contribution in [3.8, 4) is 0 Å². The van der Waals surface area contributed by atoms with Crippen LogP contribution in [0, 0.1) is 5.82 Å². The lowest BCUT2D eigenvalue weighted by Gasteiger charge is -2.22. The maximum Gasteiger partial charge on any atom is 0.331 e. The molecule has 1 aliphatic rings. The minimum atomic E-state index is -4.03. The van der Waals surface area contributed by atoms with Crippen LogP contribution in [0.15, 0.2) is 48.5 Å². The van der Waals surface area contributed by atoms with Crippen LogP contribution < -0.4 is 8.61 Å². The van der Waals surface area contributed by atoms with Crippen molar-refractivity contribution in [2.75, 3.05) is 21.8 Å². The molecule has 0 unspecified atom stereocenters. The molecule has 2 aromatic rings. The van der Waals surface area contributed by atoms with Crippen LogP contribution >= 0.6 is 0 Å². The van der Waals surface area contributed by atoms with Crippen molar-refractivity contribution in [3.05, 3.63) is 54.3 Å². The van der Waals surface area contributed by atoms with Gasteiger partial charge >= 0.3 is 10.2 Å². The first-order valence-electron chi connectivity index (χ1n) is 7.42. The zero-order valence-electron chi connectivity index (χ0n) is 12.7. The van der Waals surface area contributed by atoms with Crippen LogP contribution in [-0.4, -0.2) is 37.9 Å². The molecule has 0 amide bonds. The Hall–Kier alpha value is -2.16. The van der Waals surface area contributed by atoms with E-state index >= 15 is 0 Å². The summed E-state index contributed by atoms with van der Waals surface area (Å²) in [6, 6.07) is 12.2. The molecule has 0 bridgehead atoms. The smallest absolute Gasteiger partial charge is 0.331 e. The van der Waals surface area contributed by atoms with Gasteiger partial charge in [-0.05, 0) is 30.7 Å². The number of fused-ring (bicyclic) bond motifs is 1. The summed E-state index contributed by atoms with van der Waals surface area (Å²) in [5.74, 6) is -0.645.